The van der Waals surface area contributed by atoms with Crippen LogP contribution >= 0.6 is 11.6 Å². The maximum absolute atomic E-state index is 13.4. The molecule has 2 aliphatic rings. The summed E-state index contributed by atoms with van der Waals surface area (Å²) in [6.45, 7) is 3.27. The molecule has 3 heterocycles. The van der Waals surface area contributed by atoms with E-state index in [4.69, 9.17) is 11.6 Å². The average Bonchev–Trinajstić information content (AvgIpc) is 3.25. The molecule has 7 nitrogen and oxygen atoms in total. The van der Waals surface area contributed by atoms with Crippen LogP contribution in [0.2, 0.25) is 5.02 Å². The second-order valence-electron chi connectivity index (χ2n) is 8.09. The number of carbonyl (C=O) groups excluding carboxylic acids is 1. The Hall–Kier alpha value is -1.58. The number of rotatable bonds is 7. The van der Waals surface area contributed by atoms with Crippen LogP contribution in [0.3, 0.4) is 0 Å². The zero-order chi connectivity index (χ0) is 21.3. The van der Waals surface area contributed by atoms with Crippen molar-refractivity contribution < 1.29 is 14.5 Å². The van der Waals surface area contributed by atoms with Gasteiger partial charge in [-0.25, -0.2) is 0 Å². The normalized spacial score (nSPS) is 19.5. The van der Waals surface area contributed by atoms with Crippen LogP contribution in [0.5, 0.6) is 0 Å². The molecule has 0 bridgehead atoms. The minimum atomic E-state index is -0.828. The molecule has 1 aromatic carbocycles. The van der Waals surface area contributed by atoms with Gasteiger partial charge in [0, 0.05) is 35.6 Å². The molecule has 1 fully saturated rings. The number of benzene rings is 1. The van der Waals surface area contributed by atoms with Gasteiger partial charge >= 0.3 is 0 Å². The Morgan fingerprint density at radius 3 is 2.77 bits per heavy atom. The third-order valence-electron chi connectivity index (χ3n) is 6.15. The number of β-amino-alcohol motifs (C(OH)–C–C–N with tert-alkyl or cyclic N) is 1. The van der Waals surface area contributed by atoms with Crippen molar-refractivity contribution in [3.8, 4) is 0 Å². The van der Waals surface area contributed by atoms with E-state index in [1.54, 1.807) is 17.2 Å². The number of likely N-dealkylation sites (tertiary alicyclic amines) is 1. The van der Waals surface area contributed by atoms with Crippen molar-refractivity contribution >= 4 is 34.4 Å². The largest absolute Gasteiger partial charge is 0.617 e. The summed E-state index contributed by atoms with van der Waals surface area (Å²) >= 11 is 5.44. The highest BCUT2D eigenvalue weighted by atomic mass is 35.5. The van der Waals surface area contributed by atoms with Gasteiger partial charge in [-0.05, 0) is 49.7 Å². The lowest BCUT2D eigenvalue weighted by molar-refractivity contribution is -0.125. The summed E-state index contributed by atoms with van der Waals surface area (Å²) in [6.07, 6.45) is 7.02. The number of anilines is 1. The van der Waals surface area contributed by atoms with Gasteiger partial charge < -0.3 is 14.6 Å². The number of fused-ring (bicyclic) bond motifs is 2. The van der Waals surface area contributed by atoms with Crippen molar-refractivity contribution in [1.29, 1.82) is 0 Å². The fraction of sp³-hybridized carbons (Fsp3) is 0.524. The molecule has 1 amide bonds. The molecule has 1 N–H and O–H groups in total. The topological polar surface area (TPSA) is 84.7 Å². The molecule has 1 atom stereocenters. The van der Waals surface area contributed by atoms with Crippen LogP contribution in [-0.2, 0) is 34.5 Å². The molecule has 1 aromatic heterocycles. The number of aryl methyl sites for hydroxylation is 1. The van der Waals surface area contributed by atoms with Crippen LogP contribution in [0.15, 0.2) is 30.6 Å². The molecule has 1 unspecified atom stereocenters. The quantitative estimate of drug-likeness (QED) is 0.650. The Morgan fingerprint density at radius 1 is 1.30 bits per heavy atom. The van der Waals surface area contributed by atoms with E-state index >= 15 is 0 Å². The third-order valence-corrected chi connectivity index (χ3v) is 7.15. The van der Waals surface area contributed by atoms with Gasteiger partial charge in [-0.3, -0.25) is 14.4 Å². The fourth-order valence-corrected chi connectivity index (χ4v) is 5.21. The van der Waals surface area contributed by atoms with Gasteiger partial charge in [0.05, 0.1) is 31.0 Å². The highest BCUT2D eigenvalue weighted by molar-refractivity contribution is 7.90. The summed E-state index contributed by atoms with van der Waals surface area (Å²) in [5, 5.41) is 14.4. The molecule has 2 aromatic rings. The zero-order valence-corrected chi connectivity index (χ0v) is 18.7. The number of amides is 1. The van der Waals surface area contributed by atoms with E-state index in [9.17, 15) is 14.5 Å². The zero-order valence-electron chi connectivity index (χ0n) is 17.1. The van der Waals surface area contributed by atoms with Crippen LogP contribution in [0.1, 0.15) is 24.0 Å². The Balaban J connectivity index is 1.45. The molecule has 4 rings (SSSR count). The molecule has 0 aliphatic carbocycles. The van der Waals surface area contributed by atoms with E-state index in [0.717, 1.165) is 49.3 Å². The molecule has 1 spiro atoms. The van der Waals surface area contributed by atoms with E-state index in [1.165, 1.54) is 0 Å². The Kier molecular flexibility index (Phi) is 6.41. The van der Waals surface area contributed by atoms with Crippen LogP contribution in [0, 0.1) is 0 Å². The molecule has 1 saturated heterocycles. The molecule has 30 heavy (non-hydrogen) atoms. The highest BCUT2D eigenvalue weighted by Gasteiger charge is 2.51. The molecular formula is C21H27ClN4O3S. The van der Waals surface area contributed by atoms with E-state index in [-0.39, 0.29) is 12.5 Å². The number of piperidine rings is 1. The van der Waals surface area contributed by atoms with Gasteiger partial charge in [0.15, 0.2) is 0 Å². The van der Waals surface area contributed by atoms with Crippen molar-refractivity contribution in [2.75, 3.05) is 43.1 Å². The van der Waals surface area contributed by atoms with Gasteiger partial charge in [-0.1, -0.05) is 22.8 Å². The summed E-state index contributed by atoms with van der Waals surface area (Å²) in [5.74, 6) is 0.677. The second-order valence-corrected chi connectivity index (χ2v) is 10.1. The summed E-state index contributed by atoms with van der Waals surface area (Å²) in [5.41, 5.74) is 2.44. The Morgan fingerprint density at radius 2 is 2.07 bits per heavy atom. The van der Waals surface area contributed by atoms with E-state index in [1.807, 2.05) is 29.2 Å². The number of aromatic nitrogens is 2. The first-order valence-corrected chi connectivity index (χ1v) is 12.3. The van der Waals surface area contributed by atoms with Crippen molar-refractivity contribution in [3.63, 3.8) is 0 Å². The number of aliphatic hydroxyl groups is 1. The summed E-state index contributed by atoms with van der Waals surface area (Å²) in [4.78, 5) is 17.4. The van der Waals surface area contributed by atoms with Crippen LogP contribution in [0.4, 0.5) is 5.69 Å². The maximum Gasteiger partial charge on any atom is 0.237 e. The first kappa shape index (κ1) is 21.6. The predicted octanol–water partition coefficient (Wildman–Crippen LogP) is 1.79. The number of hydrogen-bond donors (Lipinski definition) is 1. The Bertz CT molecular complexity index is 911. The first-order valence-electron chi connectivity index (χ1n) is 10.2. The van der Waals surface area contributed by atoms with Crippen molar-refractivity contribution in [3.05, 3.63) is 46.7 Å². The standard InChI is InChI=1S/C21H27ClN4O3S/c1-30(29)11-9-25-15-16(13-23-25)14-24-6-4-21(5-7-24)18-12-17(22)2-3-19(18)26(8-10-27)20(21)28/h2-3,12-13,15,27H,4-11,14H2,1H3. The number of halogens is 1. The number of aliphatic hydroxyl groups excluding tert-OH is 1. The van der Waals surface area contributed by atoms with E-state index in [0.29, 0.717) is 23.9 Å². The molecule has 2 aliphatic heterocycles. The van der Waals surface area contributed by atoms with Crippen molar-refractivity contribution in [2.24, 2.45) is 0 Å². The third kappa shape index (κ3) is 4.11. The summed E-state index contributed by atoms with van der Waals surface area (Å²) in [7, 11) is 0. The van der Waals surface area contributed by atoms with Gasteiger partial charge in [-0.15, -0.1) is 0 Å². The van der Waals surface area contributed by atoms with Gasteiger partial charge in [0.2, 0.25) is 5.91 Å². The van der Waals surface area contributed by atoms with Gasteiger partial charge in [-0.2, -0.15) is 5.10 Å². The van der Waals surface area contributed by atoms with Gasteiger partial charge in [0.1, 0.15) is 5.75 Å². The second kappa shape index (κ2) is 8.88. The lowest BCUT2D eigenvalue weighted by atomic mass is 9.73. The predicted molar refractivity (Wildman–Crippen MR) is 118 cm³/mol. The number of nitrogens with zero attached hydrogens (tertiary/aromatic N) is 4. The molecule has 9 heteroatoms. The maximum atomic E-state index is 13.4. The smallest absolute Gasteiger partial charge is 0.237 e. The fourth-order valence-electron chi connectivity index (χ4n) is 4.60. The highest BCUT2D eigenvalue weighted by Crippen LogP contribution is 2.48. The monoisotopic (exact) mass is 450 g/mol. The summed E-state index contributed by atoms with van der Waals surface area (Å²) in [6, 6.07) is 5.62. The number of carbonyl (C=O) groups is 1. The molecular weight excluding hydrogens is 424 g/mol. The van der Waals surface area contributed by atoms with Gasteiger partial charge in [0.25, 0.3) is 0 Å². The molecule has 0 radical (unpaired) electrons. The minimum Gasteiger partial charge on any atom is -0.617 e. The molecule has 0 saturated carbocycles. The lowest BCUT2D eigenvalue weighted by Gasteiger charge is -2.38. The van der Waals surface area contributed by atoms with E-state index < -0.39 is 16.6 Å². The van der Waals surface area contributed by atoms with Crippen LogP contribution in [-0.4, -0.2) is 68.5 Å². The SMILES string of the molecule is C[S+]([O-])CCn1cc(CN2CCC3(CC2)C(=O)N(CCO)c2ccc(Cl)cc23)cn1. The van der Waals surface area contributed by atoms with Crippen LogP contribution in [0.25, 0.3) is 0 Å². The Labute approximate surface area is 184 Å². The van der Waals surface area contributed by atoms with Crippen LogP contribution < -0.4 is 4.90 Å². The average molecular weight is 451 g/mol. The minimum absolute atomic E-state index is 0.0639. The van der Waals surface area contributed by atoms with E-state index in [2.05, 4.69) is 10.00 Å². The lowest BCUT2D eigenvalue weighted by Crippen LogP contribution is -2.48. The summed E-state index contributed by atoms with van der Waals surface area (Å²) < 4.78 is 13.1. The van der Waals surface area contributed by atoms with Crippen molar-refractivity contribution in [1.82, 2.24) is 14.7 Å². The van der Waals surface area contributed by atoms with Crippen molar-refractivity contribution in [2.45, 2.75) is 31.3 Å². The first-order chi connectivity index (χ1) is 14.4. The number of hydrogen-bond acceptors (Lipinski definition) is 5. The molecule has 162 valence electrons.